The standard InChI is InChI=1S/C62H59F6N9O6/c1-60(2,3)83-51(78)37-77(36-38-16-18-40(19-17-38)39-10-5-4-6-11-39,31-29-74-35-50-53(57(74)80)55(42-22-26-46(70)27-23-42)72-59(82)76(50)48-15-8-13-44(33-48)62(66,67)68)30-9-28-73-34-49-52(56(73)79)54(41-20-24-45(69)25-21-41)71-58(81)75(49)47-14-7-12-43(32-47)61(63,64)65/h4-8,10-27,32-33,54-55H,9,28-31,34-37,69-70H2,1-3H3,(H-,71,72,81,82)/p+1/t54-,55-,77?/m1/s1. The molecule has 15 nitrogen and oxygen atoms in total. The summed E-state index contributed by atoms with van der Waals surface area (Å²) in [5, 5.41) is 5.69. The molecule has 430 valence electrons. The molecule has 6 aromatic carbocycles. The maximum absolute atomic E-state index is 15.1. The van der Waals surface area contributed by atoms with Gasteiger partial charge in [0.25, 0.3) is 11.8 Å². The lowest BCUT2D eigenvalue weighted by Crippen LogP contribution is -2.56. The number of benzene rings is 6. The first kappa shape index (κ1) is 57.1. The van der Waals surface area contributed by atoms with Crippen LogP contribution in [0.4, 0.5) is 58.7 Å². The zero-order valence-electron chi connectivity index (χ0n) is 45.6. The van der Waals surface area contributed by atoms with Crippen molar-refractivity contribution in [3.63, 3.8) is 0 Å². The Morgan fingerprint density at radius 3 is 1.49 bits per heavy atom. The normalized spacial score (nSPS) is 18.3. The Balaban J connectivity index is 0.997. The van der Waals surface area contributed by atoms with E-state index in [1.165, 1.54) is 34.1 Å². The summed E-state index contributed by atoms with van der Waals surface area (Å²) in [6.45, 7) is 5.03. The summed E-state index contributed by atoms with van der Waals surface area (Å²) in [5.74, 6) is -1.56. The van der Waals surface area contributed by atoms with Gasteiger partial charge in [-0.1, -0.05) is 91.0 Å². The van der Waals surface area contributed by atoms with E-state index in [9.17, 15) is 45.5 Å². The summed E-state index contributed by atoms with van der Waals surface area (Å²) in [4.78, 5) is 78.0. The average Bonchev–Trinajstić information content (AvgIpc) is 2.34. The maximum atomic E-state index is 15.1. The van der Waals surface area contributed by atoms with Crippen LogP contribution >= 0.6 is 0 Å². The number of esters is 1. The quantitative estimate of drug-likeness (QED) is 0.0319. The number of nitrogens with two attached hydrogens (primary N) is 2. The topological polar surface area (TPSA) is 184 Å². The third-order valence-electron chi connectivity index (χ3n) is 15.2. The Morgan fingerprint density at radius 2 is 1.04 bits per heavy atom. The molecule has 6 aromatic rings. The molecule has 4 heterocycles. The van der Waals surface area contributed by atoms with E-state index in [2.05, 4.69) is 10.6 Å². The fourth-order valence-electron chi connectivity index (χ4n) is 11.3. The highest BCUT2D eigenvalue weighted by molar-refractivity contribution is 6.08. The molecule has 0 spiro atoms. The number of nitrogens with zero attached hydrogens (tertiary/aromatic N) is 5. The molecule has 0 aliphatic carbocycles. The van der Waals surface area contributed by atoms with Gasteiger partial charge in [0.05, 0.1) is 89.8 Å². The first-order chi connectivity index (χ1) is 39.3. The average molecular weight is 1140 g/mol. The van der Waals surface area contributed by atoms with Gasteiger partial charge in [0, 0.05) is 29.9 Å². The molecule has 4 aliphatic heterocycles. The highest BCUT2D eigenvalue weighted by atomic mass is 19.4. The molecule has 6 amide bonds. The summed E-state index contributed by atoms with van der Waals surface area (Å²) >= 11 is 0. The molecule has 0 bridgehead atoms. The number of quaternary nitrogens is 1. The summed E-state index contributed by atoms with van der Waals surface area (Å²) in [6.07, 6.45) is -9.28. The van der Waals surface area contributed by atoms with E-state index in [1.807, 2.05) is 54.6 Å². The summed E-state index contributed by atoms with van der Waals surface area (Å²) in [7, 11) is 0. The molecule has 21 heteroatoms. The van der Waals surface area contributed by atoms with Crippen LogP contribution in [0, 0.1) is 0 Å². The first-order valence-electron chi connectivity index (χ1n) is 26.9. The van der Waals surface area contributed by atoms with Crippen molar-refractivity contribution in [2.75, 3.05) is 67.1 Å². The Bertz CT molecular complexity index is 3550. The molecule has 0 radical (unpaired) electrons. The molecular formula is C62H60F6N9O6+. The predicted molar refractivity (Wildman–Crippen MR) is 300 cm³/mol. The van der Waals surface area contributed by atoms with E-state index >= 15 is 4.79 Å². The van der Waals surface area contributed by atoms with E-state index in [0.29, 0.717) is 22.5 Å². The minimum Gasteiger partial charge on any atom is -0.456 e. The lowest BCUT2D eigenvalue weighted by molar-refractivity contribution is -0.933. The van der Waals surface area contributed by atoms with Gasteiger partial charge in [0.1, 0.15) is 12.1 Å². The molecule has 4 aliphatic rings. The van der Waals surface area contributed by atoms with Gasteiger partial charge in [-0.05, 0) is 104 Å². The number of nitrogen functional groups attached to an aromatic ring is 2. The Labute approximate surface area is 475 Å². The van der Waals surface area contributed by atoms with Crippen molar-refractivity contribution < 1.29 is 59.5 Å². The summed E-state index contributed by atoms with van der Waals surface area (Å²) < 4.78 is 90.8. The number of ether oxygens (including phenoxy) is 1. The summed E-state index contributed by atoms with van der Waals surface area (Å²) in [5.41, 5.74) is 14.1. The van der Waals surface area contributed by atoms with Gasteiger partial charge in [-0.15, -0.1) is 0 Å². The van der Waals surface area contributed by atoms with Crippen LogP contribution in [0.15, 0.2) is 174 Å². The van der Waals surface area contributed by atoms with Crippen LogP contribution in [0.3, 0.4) is 0 Å². The number of hydrogen-bond acceptors (Lipinski definition) is 8. The van der Waals surface area contributed by atoms with Crippen LogP contribution in [0.5, 0.6) is 0 Å². The van der Waals surface area contributed by atoms with Crippen LogP contribution in [0.25, 0.3) is 11.1 Å². The smallest absolute Gasteiger partial charge is 0.416 e. The SMILES string of the molecule is CC(C)(C)OC(=O)C[N+](CCCN1CC2=C(C1=O)[C@@H](c1ccc(N)cc1)NC(=O)N2c1cccc(C(F)(F)F)c1)(CCN1CC2=C(C1=O)[C@@H](c1ccc(N)cc1)NC(=O)N2c1cccc(C(F)(F)F)c1)Cc1ccc(-c2ccccc2)cc1. The number of nitrogens with one attached hydrogen (secondary N) is 2. The van der Waals surface area contributed by atoms with Gasteiger partial charge < -0.3 is 41.1 Å². The minimum absolute atomic E-state index is 0.0354. The first-order valence-corrected chi connectivity index (χ1v) is 26.9. The second kappa shape index (κ2) is 22.3. The number of carbonyl (C=O) groups excluding carboxylic acids is 5. The molecule has 83 heavy (non-hydrogen) atoms. The number of anilines is 4. The molecule has 10 rings (SSSR count). The predicted octanol–water partition coefficient (Wildman–Crippen LogP) is 10.7. The largest absolute Gasteiger partial charge is 0.456 e. The van der Waals surface area contributed by atoms with Crippen LogP contribution in [0.2, 0.25) is 0 Å². The molecular weight excluding hydrogens is 1080 g/mol. The van der Waals surface area contributed by atoms with Crippen LogP contribution in [-0.4, -0.2) is 95.5 Å². The van der Waals surface area contributed by atoms with Gasteiger partial charge in [0.15, 0.2) is 6.54 Å². The van der Waals surface area contributed by atoms with Gasteiger partial charge in [-0.2, -0.15) is 26.3 Å². The second-order valence-corrected chi connectivity index (χ2v) is 22.1. The fraction of sp³-hybridized carbons (Fsp3) is 0.274. The number of amides is 6. The molecule has 1 unspecified atom stereocenters. The number of hydrogen-bond donors (Lipinski definition) is 4. The van der Waals surface area contributed by atoms with E-state index in [1.54, 1.807) is 69.3 Å². The van der Waals surface area contributed by atoms with Gasteiger partial charge in [-0.3, -0.25) is 19.4 Å². The van der Waals surface area contributed by atoms with Crippen LogP contribution in [-0.2, 0) is 38.0 Å². The summed E-state index contributed by atoms with van der Waals surface area (Å²) in [6, 6.07) is 35.6. The third kappa shape index (κ3) is 12.3. The van der Waals surface area contributed by atoms with E-state index in [-0.39, 0.29) is 97.2 Å². The van der Waals surface area contributed by atoms with E-state index in [4.69, 9.17) is 16.2 Å². The molecule has 0 fully saturated rings. The van der Waals surface area contributed by atoms with Crippen molar-refractivity contribution in [2.24, 2.45) is 0 Å². The van der Waals surface area contributed by atoms with E-state index in [0.717, 1.165) is 50.8 Å². The highest BCUT2D eigenvalue weighted by Crippen LogP contribution is 2.43. The zero-order valence-corrected chi connectivity index (χ0v) is 45.6. The highest BCUT2D eigenvalue weighted by Gasteiger charge is 2.48. The van der Waals surface area contributed by atoms with Crippen molar-refractivity contribution in [1.29, 1.82) is 0 Å². The molecule has 3 atom stereocenters. The van der Waals surface area contributed by atoms with E-state index < -0.39 is 71.0 Å². The molecule has 6 N–H and O–H groups in total. The zero-order chi connectivity index (χ0) is 59.2. The van der Waals surface area contributed by atoms with Crippen molar-refractivity contribution in [3.8, 4) is 11.1 Å². The van der Waals surface area contributed by atoms with Crippen molar-refractivity contribution in [3.05, 3.63) is 202 Å². The monoisotopic (exact) mass is 1140 g/mol. The fourth-order valence-corrected chi connectivity index (χ4v) is 11.3. The minimum atomic E-state index is -4.75. The molecule has 0 saturated heterocycles. The number of alkyl halides is 6. The lowest BCUT2D eigenvalue weighted by atomic mass is 9.95. The van der Waals surface area contributed by atoms with Crippen LogP contribution in [0.1, 0.15) is 67.1 Å². The van der Waals surface area contributed by atoms with Gasteiger partial charge in [-0.25, -0.2) is 14.4 Å². The third-order valence-corrected chi connectivity index (χ3v) is 15.2. The Hall–Kier alpha value is -9.11. The van der Waals surface area contributed by atoms with Gasteiger partial charge >= 0.3 is 30.4 Å². The number of rotatable bonds is 16. The van der Waals surface area contributed by atoms with Crippen LogP contribution < -0.4 is 31.9 Å². The van der Waals surface area contributed by atoms with Crippen molar-refractivity contribution in [2.45, 2.75) is 63.8 Å². The second-order valence-electron chi connectivity index (χ2n) is 22.1. The van der Waals surface area contributed by atoms with Crippen molar-refractivity contribution >= 4 is 52.6 Å². The van der Waals surface area contributed by atoms with Gasteiger partial charge in [0.2, 0.25) is 0 Å². The number of halogens is 6. The van der Waals surface area contributed by atoms with Crippen molar-refractivity contribution in [1.82, 2.24) is 20.4 Å². The molecule has 0 saturated carbocycles. The Morgan fingerprint density at radius 1 is 0.578 bits per heavy atom. The molecule has 0 aromatic heterocycles. The lowest BCUT2D eigenvalue weighted by Gasteiger charge is -2.40. The maximum Gasteiger partial charge on any atom is 0.416 e. The number of carbonyl (C=O) groups is 5. The number of urea groups is 2. The Kier molecular flexibility index (Phi) is 15.4.